The van der Waals surface area contributed by atoms with Gasteiger partial charge in [-0.2, -0.15) is 0 Å². The van der Waals surface area contributed by atoms with E-state index in [1.165, 1.54) is 25.2 Å². The van der Waals surface area contributed by atoms with Crippen molar-refractivity contribution in [3.05, 3.63) is 53.6 Å². The number of amides is 2. The summed E-state index contributed by atoms with van der Waals surface area (Å²) in [6, 6.07) is 10.5. The Morgan fingerprint density at radius 3 is 2.20 bits per heavy atom. The third-order valence-electron chi connectivity index (χ3n) is 5.49. The van der Waals surface area contributed by atoms with Gasteiger partial charge in [0.2, 0.25) is 5.91 Å². The molecule has 0 bridgehead atoms. The summed E-state index contributed by atoms with van der Waals surface area (Å²) in [6.07, 6.45) is 1.56. The van der Waals surface area contributed by atoms with Crippen LogP contribution in [-0.4, -0.2) is 54.7 Å². The predicted molar refractivity (Wildman–Crippen MR) is 130 cm³/mol. The first kappa shape index (κ1) is 27.5. The Balaban J connectivity index is 2.25. The molecule has 0 aliphatic rings. The van der Waals surface area contributed by atoms with E-state index in [0.29, 0.717) is 48.5 Å². The Morgan fingerprint density at radius 1 is 1.00 bits per heavy atom. The zero-order valence-corrected chi connectivity index (χ0v) is 20.7. The fraction of sp³-hybridized carbons (Fsp3) is 0.423. The molecule has 0 aliphatic carbocycles. The zero-order valence-electron chi connectivity index (χ0n) is 20.7. The van der Waals surface area contributed by atoms with Crippen molar-refractivity contribution in [2.24, 2.45) is 11.7 Å². The number of carbonyl (C=O) groups excluding carboxylic acids is 3. The van der Waals surface area contributed by atoms with Crippen LogP contribution in [0.5, 0.6) is 17.2 Å². The highest BCUT2D eigenvalue weighted by molar-refractivity contribution is 5.97. The molecule has 0 aliphatic heterocycles. The normalized spacial score (nSPS) is 11.6. The van der Waals surface area contributed by atoms with Crippen molar-refractivity contribution in [1.82, 2.24) is 4.90 Å². The first-order valence-electron chi connectivity index (χ1n) is 11.4. The lowest BCUT2D eigenvalue weighted by atomic mass is 10.00. The van der Waals surface area contributed by atoms with E-state index in [1.807, 2.05) is 13.8 Å². The number of rotatable bonds is 13. The van der Waals surface area contributed by atoms with Gasteiger partial charge in [0.15, 0.2) is 0 Å². The number of hydrogen-bond acceptors (Lipinski definition) is 7. The SMILES string of the molecule is COC(=O)[C@H](C(C)C)N(Cc1ccc(OCCCCC(N)=O)cc1O)C(=O)c1ccc(OC)cc1. The molecule has 0 heterocycles. The van der Waals surface area contributed by atoms with Crippen molar-refractivity contribution < 1.29 is 33.7 Å². The molecular formula is C26H34N2O7. The summed E-state index contributed by atoms with van der Waals surface area (Å²) in [5.74, 6) is -0.541. The molecule has 190 valence electrons. The summed E-state index contributed by atoms with van der Waals surface area (Å²) >= 11 is 0. The van der Waals surface area contributed by atoms with Gasteiger partial charge in [-0.15, -0.1) is 0 Å². The van der Waals surface area contributed by atoms with Gasteiger partial charge in [0.05, 0.1) is 27.4 Å². The van der Waals surface area contributed by atoms with Crippen LogP contribution < -0.4 is 15.2 Å². The fourth-order valence-corrected chi connectivity index (χ4v) is 3.62. The molecule has 0 aromatic heterocycles. The number of esters is 1. The number of aromatic hydroxyl groups is 1. The Morgan fingerprint density at radius 2 is 1.66 bits per heavy atom. The van der Waals surface area contributed by atoms with E-state index in [0.717, 1.165) is 0 Å². The highest BCUT2D eigenvalue weighted by Crippen LogP contribution is 2.28. The number of benzene rings is 2. The maximum Gasteiger partial charge on any atom is 0.328 e. The minimum Gasteiger partial charge on any atom is -0.507 e. The summed E-state index contributed by atoms with van der Waals surface area (Å²) in [5.41, 5.74) is 5.94. The molecule has 0 fully saturated rings. The molecule has 2 aromatic carbocycles. The summed E-state index contributed by atoms with van der Waals surface area (Å²) in [4.78, 5) is 38.3. The van der Waals surface area contributed by atoms with Crippen LogP contribution in [-0.2, 0) is 20.9 Å². The smallest absolute Gasteiger partial charge is 0.328 e. The molecule has 3 N–H and O–H groups in total. The maximum absolute atomic E-state index is 13.5. The van der Waals surface area contributed by atoms with Crippen LogP contribution in [0.15, 0.2) is 42.5 Å². The number of unbranched alkanes of at least 4 members (excludes halogenated alkanes) is 1. The zero-order chi connectivity index (χ0) is 26.0. The molecular weight excluding hydrogens is 452 g/mol. The minimum atomic E-state index is -0.866. The average Bonchev–Trinajstić information content (AvgIpc) is 2.83. The average molecular weight is 487 g/mol. The molecule has 9 nitrogen and oxygen atoms in total. The third-order valence-corrected chi connectivity index (χ3v) is 5.49. The lowest BCUT2D eigenvalue weighted by Gasteiger charge is -2.33. The monoisotopic (exact) mass is 486 g/mol. The van der Waals surface area contributed by atoms with Crippen LogP contribution in [0.4, 0.5) is 0 Å². The number of ether oxygens (including phenoxy) is 3. The summed E-state index contributed by atoms with van der Waals surface area (Å²) in [7, 11) is 2.81. The van der Waals surface area contributed by atoms with Gasteiger partial charge in [0.1, 0.15) is 23.3 Å². The molecule has 0 saturated heterocycles. The van der Waals surface area contributed by atoms with E-state index < -0.39 is 12.0 Å². The molecule has 1 atom stereocenters. The molecule has 9 heteroatoms. The largest absolute Gasteiger partial charge is 0.507 e. The number of phenolic OH excluding ortho intramolecular Hbond substituents is 1. The number of methoxy groups -OCH3 is 2. The molecule has 35 heavy (non-hydrogen) atoms. The number of hydrogen-bond donors (Lipinski definition) is 2. The Labute approximate surface area is 205 Å². The second kappa shape index (κ2) is 13.2. The second-order valence-corrected chi connectivity index (χ2v) is 8.44. The molecule has 0 saturated carbocycles. The van der Waals surface area contributed by atoms with Gasteiger partial charge >= 0.3 is 5.97 Å². The number of nitrogens with zero attached hydrogens (tertiary/aromatic N) is 1. The van der Waals surface area contributed by atoms with Crippen molar-refractivity contribution in [2.45, 2.75) is 45.7 Å². The van der Waals surface area contributed by atoms with Crippen LogP contribution in [0.2, 0.25) is 0 Å². The van der Waals surface area contributed by atoms with Crippen LogP contribution >= 0.6 is 0 Å². The van der Waals surface area contributed by atoms with E-state index in [9.17, 15) is 19.5 Å². The first-order chi connectivity index (χ1) is 16.7. The van der Waals surface area contributed by atoms with Gasteiger partial charge in [-0.25, -0.2) is 4.79 Å². The Kier molecular flexibility index (Phi) is 10.4. The van der Waals surface area contributed by atoms with Gasteiger partial charge < -0.3 is 30.0 Å². The van der Waals surface area contributed by atoms with Crippen molar-refractivity contribution in [1.29, 1.82) is 0 Å². The topological polar surface area (TPSA) is 128 Å². The van der Waals surface area contributed by atoms with Crippen LogP contribution in [0, 0.1) is 5.92 Å². The predicted octanol–water partition coefficient (Wildman–Crippen LogP) is 3.28. The van der Waals surface area contributed by atoms with Gasteiger partial charge in [-0.3, -0.25) is 9.59 Å². The van der Waals surface area contributed by atoms with Crippen molar-refractivity contribution in [2.75, 3.05) is 20.8 Å². The van der Waals surface area contributed by atoms with E-state index in [1.54, 1.807) is 36.4 Å². The number of carbonyl (C=O) groups is 3. The van der Waals surface area contributed by atoms with Gasteiger partial charge in [-0.05, 0) is 55.2 Å². The number of nitrogens with two attached hydrogens (primary N) is 1. The highest BCUT2D eigenvalue weighted by Gasteiger charge is 2.34. The lowest BCUT2D eigenvalue weighted by molar-refractivity contribution is -0.148. The van der Waals surface area contributed by atoms with Gasteiger partial charge in [0, 0.05) is 23.6 Å². The summed E-state index contributed by atoms with van der Waals surface area (Å²) < 4.78 is 15.8. The molecule has 2 rings (SSSR count). The van der Waals surface area contributed by atoms with E-state index in [2.05, 4.69) is 0 Å². The van der Waals surface area contributed by atoms with E-state index in [-0.39, 0.29) is 30.0 Å². The molecule has 2 aromatic rings. The molecule has 2 amide bonds. The van der Waals surface area contributed by atoms with Crippen LogP contribution in [0.1, 0.15) is 49.0 Å². The maximum atomic E-state index is 13.5. The van der Waals surface area contributed by atoms with Crippen LogP contribution in [0.25, 0.3) is 0 Å². The van der Waals surface area contributed by atoms with Crippen molar-refractivity contribution >= 4 is 17.8 Å². The number of primary amides is 1. The second-order valence-electron chi connectivity index (χ2n) is 8.44. The molecule has 0 unspecified atom stereocenters. The van der Waals surface area contributed by atoms with Gasteiger partial charge in [-0.1, -0.05) is 13.8 Å². The summed E-state index contributed by atoms with van der Waals surface area (Å²) in [6.45, 7) is 4.00. The standard InChI is InChI=1S/C26H34N2O7/c1-17(2)24(26(32)34-4)28(25(31)18-8-11-20(33-3)12-9-18)16-19-10-13-21(15-22(19)29)35-14-6-5-7-23(27)30/h8-13,15,17,24,29H,5-7,14,16H2,1-4H3,(H2,27,30)/t24-/m0/s1. The fourth-order valence-electron chi connectivity index (χ4n) is 3.62. The molecule has 0 spiro atoms. The van der Waals surface area contributed by atoms with E-state index >= 15 is 0 Å². The van der Waals surface area contributed by atoms with Crippen LogP contribution in [0.3, 0.4) is 0 Å². The lowest BCUT2D eigenvalue weighted by Crippen LogP contribution is -2.48. The Bertz CT molecular complexity index is 1010. The Hall–Kier alpha value is -3.75. The molecule has 0 radical (unpaired) electrons. The quantitative estimate of drug-likeness (QED) is 0.328. The first-order valence-corrected chi connectivity index (χ1v) is 11.4. The minimum absolute atomic E-state index is 0.0203. The van der Waals surface area contributed by atoms with Crippen molar-refractivity contribution in [3.63, 3.8) is 0 Å². The highest BCUT2D eigenvalue weighted by atomic mass is 16.5. The van der Waals surface area contributed by atoms with E-state index in [4.69, 9.17) is 19.9 Å². The third kappa shape index (κ3) is 7.91. The summed E-state index contributed by atoms with van der Waals surface area (Å²) in [5, 5.41) is 10.6. The number of phenols is 1. The van der Waals surface area contributed by atoms with Gasteiger partial charge in [0.25, 0.3) is 5.91 Å². The van der Waals surface area contributed by atoms with Crippen molar-refractivity contribution in [3.8, 4) is 17.2 Å².